The van der Waals surface area contributed by atoms with Gasteiger partial charge >= 0.3 is 0 Å². The van der Waals surface area contributed by atoms with Gasteiger partial charge in [0, 0.05) is 37.4 Å². The van der Waals surface area contributed by atoms with Crippen LogP contribution >= 0.6 is 22.9 Å². The molecule has 1 saturated carbocycles. The number of nitrogens with zero attached hydrogens (tertiary/aromatic N) is 2. The molecule has 8 nitrogen and oxygen atoms in total. The molecule has 218 valence electrons. The zero-order chi connectivity index (χ0) is 28.8. The standard InChI is InChI=1S/C28H35ClF2N4O4S/c1-17(2)14-34(15-18-4-3-5-18)22(13-32-28(38)23-8-9-24(29)40-23)27(37)33-19-6-7-21(20(12-19)26(30)31)35-10-11-39-16-25(35)36/h6-9,12,17-18,22,26H,3-5,10-11,13-16H2,1-2H3,(H,32,38)(H,33,37)/t22-/m0/s1. The predicted octanol–water partition coefficient (Wildman–Crippen LogP) is 5.20. The third-order valence-electron chi connectivity index (χ3n) is 7.12. The molecule has 1 aliphatic heterocycles. The number of alkyl halides is 2. The molecule has 4 rings (SSSR count). The number of carbonyl (C=O) groups excluding carboxylic acids is 3. The second kappa shape index (κ2) is 13.8. The number of ether oxygens (including phenoxy) is 1. The van der Waals surface area contributed by atoms with Crippen LogP contribution in [0.3, 0.4) is 0 Å². The summed E-state index contributed by atoms with van der Waals surface area (Å²) in [6.45, 7) is 5.77. The van der Waals surface area contributed by atoms with E-state index >= 15 is 0 Å². The highest BCUT2D eigenvalue weighted by molar-refractivity contribution is 7.18. The number of hydrogen-bond acceptors (Lipinski definition) is 6. The maximum Gasteiger partial charge on any atom is 0.265 e. The Morgan fingerprint density at radius 1 is 1.23 bits per heavy atom. The normalized spacial score (nSPS) is 16.9. The molecule has 1 atom stereocenters. The largest absolute Gasteiger partial charge is 0.370 e. The average Bonchev–Trinajstić information content (AvgIpc) is 3.32. The molecule has 1 saturated heterocycles. The summed E-state index contributed by atoms with van der Waals surface area (Å²) in [5.41, 5.74) is -0.0496. The van der Waals surface area contributed by atoms with E-state index in [1.54, 1.807) is 12.1 Å². The minimum absolute atomic E-state index is 0.0433. The van der Waals surface area contributed by atoms with Crippen LogP contribution in [0.25, 0.3) is 0 Å². The topological polar surface area (TPSA) is 91.0 Å². The number of nitrogens with one attached hydrogen (secondary N) is 2. The number of carbonyl (C=O) groups is 3. The van der Waals surface area contributed by atoms with E-state index in [2.05, 4.69) is 29.4 Å². The number of benzene rings is 1. The first-order chi connectivity index (χ1) is 19.1. The number of hydrogen-bond donors (Lipinski definition) is 2. The molecule has 1 aromatic carbocycles. The van der Waals surface area contributed by atoms with Crippen molar-refractivity contribution in [1.29, 1.82) is 0 Å². The molecular formula is C28H35ClF2N4O4S. The molecule has 1 aromatic heterocycles. The number of halogens is 3. The molecule has 2 N–H and O–H groups in total. The van der Waals surface area contributed by atoms with Gasteiger partial charge in [0.05, 0.1) is 21.5 Å². The van der Waals surface area contributed by atoms with Gasteiger partial charge in [-0.25, -0.2) is 8.78 Å². The number of amides is 3. The van der Waals surface area contributed by atoms with Crippen LogP contribution in [0.15, 0.2) is 30.3 Å². The van der Waals surface area contributed by atoms with Crippen LogP contribution in [-0.2, 0) is 14.3 Å². The van der Waals surface area contributed by atoms with E-state index in [9.17, 15) is 23.2 Å². The molecule has 2 aromatic rings. The van der Waals surface area contributed by atoms with E-state index < -0.39 is 24.3 Å². The van der Waals surface area contributed by atoms with Gasteiger partial charge in [0.15, 0.2) is 0 Å². The second-order valence-corrected chi connectivity index (χ2v) is 12.4. The molecule has 2 heterocycles. The van der Waals surface area contributed by atoms with Crippen LogP contribution in [0.4, 0.5) is 20.2 Å². The van der Waals surface area contributed by atoms with E-state index in [4.69, 9.17) is 16.3 Å². The van der Waals surface area contributed by atoms with Crippen LogP contribution in [0.1, 0.15) is 54.8 Å². The molecule has 40 heavy (non-hydrogen) atoms. The van der Waals surface area contributed by atoms with Crippen molar-refractivity contribution in [2.24, 2.45) is 11.8 Å². The summed E-state index contributed by atoms with van der Waals surface area (Å²) in [7, 11) is 0. The predicted molar refractivity (Wildman–Crippen MR) is 152 cm³/mol. The lowest BCUT2D eigenvalue weighted by atomic mass is 9.84. The van der Waals surface area contributed by atoms with Crippen molar-refractivity contribution in [2.45, 2.75) is 45.6 Å². The Bertz CT molecular complexity index is 1210. The number of anilines is 2. The Hall–Kier alpha value is -2.60. The summed E-state index contributed by atoms with van der Waals surface area (Å²) in [5, 5.41) is 5.66. The lowest BCUT2D eigenvalue weighted by molar-refractivity contribution is -0.125. The Labute approximate surface area is 242 Å². The van der Waals surface area contributed by atoms with Gasteiger partial charge in [-0.15, -0.1) is 11.3 Å². The number of morpholine rings is 1. The highest BCUT2D eigenvalue weighted by Gasteiger charge is 2.32. The maximum absolute atomic E-state index is 14.1. The van der Waals surface area contributed by atoms with Crippen molar-refractivity contribution in [3.8, 4) is 0 Å². The summed E-state index contributed by atoms with van der Waals surface area (Å²) in [6.07, 6.45) is 0.470. The van der Waals surface area contributed by atoms with Crippen LogP contribution in [0.5, 0.6) is 0 Å². The maximum atomic E-state index is 14.1. The van der Waals surface area contributed by atoms with Crippen LogP contribution < -0.4 is 15.5 Å². The van der Waals surface area contributed by atoms with Gasteiger partial charge in [-0.3, -0.25) is 19.3 Å². The Balaban J connectivity index is 1.56. The summed E-state index contributed by atoms with van der Waals surface area (Å²) in [6, 6.07) is 6.70. The van der Waals surface area contributed by atoms with E-state index in [0.717, 1.165) is 30.6 Å². The van der Waals surface area contributed by atoms with Crippen molar-refractivity contribution in [3.05, 3.63) is 45.1 Å². The fourth-order valence-corrected chi connectivity index (χ4v) is 5.92. The minimum Gasteiger partial charge on any atom is -0.370 e. The van der Waals surface area contributed by atoms with Crippen molar-refractivity contribution in [1.82, 2.24) is 10.2 Å². The average molecular weight is 597 g/mol. The first kappa shape index (κ1) is 30.4. The van der Waals surface area contributed by atoms with E-state index in [1.807, 2.05) is 0 Å². The third kappa shape index (κ3) is 7.78. The van der Waals surface area contributed by atoms with Crippen molar-refractivity contribution < 1.29 is 27.9 Å². The zero-order valence-corrected chi connectivity index (χ0v) is 24.2. The molecule has 0 bridgehead atoms. The first-order valence-electron chi connectivity index (χ1n) is 13.5. The van der Waals surface area contributed by atoms with Gasteiger partial charge in [-0.05, 0) is 55.0 Å². The second-order valence-electron chi connectivity index (χ2n) is 10.6. The van der Waals surface area contributed by atoms with Crippen LogP contribution in [0.2, 0.25) is 4.34 Å². The third-order valence-corrected chi connectivity index (χ3v) is 8.35. The number of rotatable bonds is 12. The minimum atomic E-state index is -2.86. The van der Waals surface area contributed by atoms with Crippen molar-refractivity contribution in [2.75, 3.05) is 49.6 Å². The molecule has 0 spiro atoms. The van der Waals surface area contributed by atoms with Gasteiger partial charge in [-0.2, -0.15) is 0 Å². The Morgan fingerprint density at radius 2 is 2.00 bits per heavy atom. The van der Waals surface area contributed by atoms with Crippen molar-refractivity contribution in [3.63, 3.8) is 0 Å². The highest BCUT2D eigenvalue weighted by Crippen LogP contribution is 2.34. The Kier molecular flexibility index (Phi) is 10.5. The summed E-state index contributed by atoms with van der Waals surface area (Å²) < 4.78 is 33.8. The van der Waals surface area contributed by atoms with Gasteiger partial charge in [0.25, 0.3) is 18.2 Å². The quantitative estimate of drug-likeness (QED) is 0.352. The van der Waals surface area contributed by atoms with E-state index in [0.29, 0.717) is 28.2 Å². The van der Waals surface area contributed by atoms with Gasteiger partial charge in [0.2, 0.25) is 5.91 Å². The van der Waals surface area contributed by atoms with E-state index in [-0.39, 0.29) is 55.1 Å². The smallest absolute Gasteiger partial charge is 0.265 e. The van der Waals surface area contributed by atoms with Crippen molar-refractivity contribution >= 4 is 52.0 Å². The molecule has 1 aliphatic carbocycles. The molecule has 0 unspecified atom stereocenters. The molecule has 12 heteroatoms. The summed E-state index contributed by atoms with van der Waals surface area (Å²) in [5.74, 6) is -0.398. The van der Waals surface area contributed by atoms with Crippen LogP contribution in [-0.4, -0.2) is 68.1 Å². The van der Waals surface area contributed by atoms with Crippen LogP contribution in [0, 0.1) is 11.8 Å². The fourth-order valence-electron chi connectivity index (χ4n) is 4.96. The molecule has 2 fully saturated rings. The van der Waals surface area contributed by atoms with E-state index in [1.165, 1.54) is 23.1 Å². The number of thiophene rings is 1. The van der Waals surface area contributed by atoms with Gasteiger partial charge in [0.1, 0.15) is 12.6 Å². The first-order valence-corrected chi connectivity index (χ1v) is 14.7. The monoisotopic (exact) mass is 596 g/mol. The summed E-state index contributed by atoms with van der Waals surface area (Å²) in [4.78, 5) is 42.6. The molecule has 3 amide bonds. The summed E-state index contributed by atoms with van der Waals surface area (Å²) >= 11 is 7.13. The zero-order valence-electron chi connectivity index (χ0n) is 22.6. The highest BCUT2D eigenvalue weighted by atomic mass is 35.5. The lowest BCUT2D eigenvalue weighted by Gasteiger charge is -2.37. The molecule has 0 radical (unpaired) electrons. The molecule has 2 aliphatic rings. The fraction of sp³-hybridized carbons (Fsp3) is 0.536. The van der Waals surface area contributed by atoms with Gasteiger partial charge < -0.3 is 20.3 Å². The Morgan fingerprint density at radius 3 is 2.60 bits per heavy atom. The van der Waals surface area contributed by atoms with Gasteiger partial charge in [-0.1, -0.05) is 31.9 Å². The SMILES string of the molecule is CC(C)CN(CC1CCC1)[C@@H](CNC(=O)c1ccc(Cl)s1)C(=O)Nc1ccc(N2CCOCC2=O)c(C(F)F)c1. The lowest BCUT2D eigenvalue weighted by Crippen LogP contribution is -2.53. The molecular weight excluding hydrogens is 562 g/mol.